The molecule has 0 heterocycles. The summed E-state index contributed by atoms with van der Waals surface area (Å²) in [5.41, 5.74) is 6.55. The quantitative estimate of drug-likeness (QED) is 0.195. The first-order valence-corrected chi connectivity index (χ1v) is 15.8. The molecule has 0 aliphatic carbocycles. The van der Waals surface area contributed by atoms with Gasteiger partial charge in [-0.05, 0) is 28.4 Å². The maximum absolute atomic E-state index is 6.17. The Morgan fingerprint density at radius 2 is 1.11 bits per heavy atom. The lowest BCUT2D eigenvalue weighted by Crippen LogP contribution is -2.59. The number of benzene rings is 4. The Balaban J connectivity index is 0.000000201. The van der Waals surface area contributed by atoms with E-state index in [1.54, 1.807) is 0 Å². The van der Waals surface area contributed by atoms with E-state index in [1.165, 1.54) is 21.5 Å². The number of rotatable bonds is 11. The Labute approximate surface area is 220 Å². The van der Waals surface area contributed by atoms with E-state index in [-0.39, 0.29) is 0 Å². The van der Waals surface area contributed by atoms with E-state index in [9.17, 15) is 0 Å². The molecule has 4 aromatic carbocycles. The summed E-state index contributed by atoms with van der Waals surface area (Å²) >= 11 is 0. The molecule has 0 unspecified atom stereocenters. The topological polar surface area (TPSA) is 18.5 Å². The Morgan fingerprint density at radius 3 is 1.47 bits per heavy atom. The van der Waals surface area contributed by atoms with Gasteiger partial charge in [0.25, 0.3) is 8.32 Å². The van der Waals surface area contributed by atoms with E-state index in [1.807, 2.05) is 42.6 Å². The maximum Gasteiger partial charge on any atom is 0.280 e. The summed E-state index contributed by atoms with van der Waals surface area (Å²) in [5.74, 6) is 0.319. The standard InChI is InChI=1S/2C16H18OSi/c1-3-17-18(4-2,15-11-7-5-8-12-15)16-13-9-6-10-14-16;1-2-18-17-13-16(14-9-5-3-6-10-14)15-11-7-4-8-12-15/h4-14H,2-3H2,1H3;2-12,16H,1,13,18H2. The predicted octanol–water partition coefficient (Wildman–Crippen LogP) is 5.57. The van der Waals surface area contributed by atoms with Gasteiger partial charge in [0, 0.05) is 19.1 Å². The minimum absolute atomic E-state index is 0.319. The Morgan fingerprint density at radius 1 is 0.694 bits per heavy atom. The van der Waals surface area contributed by atoms with E-state index >= 15 is 0 Å². The molecule has 0 spiro atoms. The largest absolute Gasteiger partial charge is 0.418 e. The highest BCUT2D eigenvalue weighted by Crippen LogP contribution is 2.24. The van der Waals surface area contributed by atoms with Gasteiger partial charge in [-0.3, -0.25) is 0 Å². The molecule has 0 saturated carbocycles. The van der Waals surface area contributed by atoms with E-state index in [0.717, 1.165) is 6.61 Å². The molecule has 0 N–H and O–H groups in total. The summed E-state index contributed by atoms with van der Waals surface area (Å²) in [7, 11) is -2.82. The van der Waals surface area contributed by atoms with Gasteiger partial charge >= 0.3 is 0 Å². The normalized spacial score (nSPS) is 11.2. The molecular weight excluding hydrogens is 473 g/mol. The average Bonchev–Trinajstić information content (AvgIpc) is 2.96. The third kappa shape index (κ3) is 7.36. The van der Waals surface area contributed by atoms with Gasteiger partial charge in [-0.15, -0.1) is 13.2 Å². The smallest absolute Gasteiger partial charge is 0.280 e. The van der Waals surface area contributed by atoms with Gasteiger partial charge in [0.2, 0.25) is 0 Å². The minimum Gasteiger partial charge on any atom is -0.418 e. The van der Waals surface area contributed by atoms with Crippen molar-refractivity contribution >= 4 is 28.5 Å². The molecule has 0 aliphatic rings. The molecule has 0 saturated heterocycles. The molecule has 2 nitrogen and oxygen atoms in total. The van der Waals surface area contributed by atoms with Crippen molar-refractivity contribution in [2.45, 2.75) is 12.8 Å². The summed E-state index contributed by atoms with van der Waals surface area (Å²) < 4.78 is 11.9. The summed E-state index contributed by atoms with van der Waals surface area (Å²) in [4.78, 5) is 0. The molecule has 0 fully saturated rings. The van der Waals surface area contributed by atoms with Gasteiger partial charge in [-0.1, -0.05) is 133 Å². The van der Waals surface area contributed by atoms with Gasteiger partial charge < -0.3 is 8.85 Å². The van der Waals surface area contributed by atoms with Crippen molar-refractivity contribution in [1.82, 2.24) is 0 Å². The third-order valence-corrected chi connectivity index (χ3v) is 10.4. The van der Waals surface area contributed by atoms with Crippen LogP contribution in [0, 0.1) is 0 Å². The summed E-state index contributed by atoms with van der Waals surface area (Å²) in [6.45, 7) is 11.3. The first kappa shape index (κ1) is 27.3. The molecule has 4 aromatic rings. The van der Waals surface area contributed by atoms with E-state index in [4.69, 9.17) is 8.85 Å². The Bertz CT molecular complexity index is 1070. The van der Waals surface area contributed by atoms with Crippen LogP contribution in [0.4, 0.5) is 0 Å². The fourth-order valence-electron chi connectivity index (χ4n) is 4.25. The zero-order chi connectivity index (χ0) is 25.5. The Hall–Kier alpha value is -3.29. The molecule has 0 atom stereocenters. The van der Waals surface area contributed by atoms with Crippen LogP contribution in [-0.4, -0.2) is 31.3 Å². The van der Waals surface area contributed by atoms with Crippen LogP contribution in [0.25, 0.3) is 0 Å². The fraction of sp³-hybridized carbons (Fsp3) is 0.125. The van der Waals surface area contributed by atoms with Crippen LogP contribution in [0.1, 0.15) is 24.0 Å². The Kier molecular flexibility index (Phi) is 11.3. The molecule has 36 heavy (non-hydrogen) atoms. The molecular formula is C32H36O2Si2. The van der Waals surface area contributed by atoms with Crippen LogP contribution in [0.5, 0.6) is 0 Å². The maximum atomic E-state index is 6.17. The molecule has 0 radical (unpaired) electrons. The third-order valence-electron chi connectivity index (χ3n) is 5.99. The van der Waals surface area contributed by atoms with Crippen molar-refractivity contribution in [2.75, 3.05) is 13.2 Å². The number of hydrogen-bond acceptors (Lipinski definition) is 2. The van der Waals surface area contributed by atoms with Gasteiger partial charge in [0.1, 0.15) is 0 Å². The second-order valence-electron chi connectivity index (χ2n) is 8.30. The highest BCUT2D eigenvalue weighted by atomic mass is 28.4. The van der Waals surface area contributed by atoms with Crippen molar-refractivity contribution in [3.63, 3.8) is 0 Å². The zero-order valence-corrected chi connectivity index (χ0v) is 23.5. The lowest BCUT2D eigenvalue weighted by atomic mass is 9.92. The molecule has 0 amide bonds. The summed E-state index contributed by atoms with van der Waals surface area (Å²) in [6.07, 6.45) is 0. The van der Waals surface area contributed by atoms with Crippen LogP contribution in [0.15, 0.2) is 146 Å². The second kappa shape index (κ2) is 15.0. The SMILES string of the molecule is C=C[SiH2]OCC(c1ccccc1)c1ccccc1.C=C[Si](OCC)(c1ccccc1)c1ccccc1. The molecule has 0 bridgehead atoms. The van der Waals surface area contributed by atoms with Gasteiger partial charge in [-0.2, -0.15) is 0 Å². The van der Waals surface area contributed by atoms with Crippen molar-refractivity contribution in [3.05, 3.63) is 157 Å². The highest BCUT2D eigenvalue weighted by Gasteiger charge is 2.35. The summed E-state index contributed by atoms with van der Waals surface area (Å²) in [5, 5.41) is 2.49. The molecule has 0 aromatic heterocycles. The lowest BCUT2D eigenvalue weighted by molar-refractivity contribution is 0.325. The minimum atomic E-state index is -2.26. The van der Waals surface area contributed by atoms with Crippen molar-refractivity contribution in [1.29, 1.82) is 0 Å². The number of hydrogen-bond donors (Lipinski definition) is 0. The zero-order valence-electron chi connectivity index (χ0n) is 21.1. The van der Waals surface area contributed by atoms with Gasteiger partial charge in [0.05, 0.1) is 0 Å². The van der Waals surface area contributed by atoms with E-state index in [2.05, 4.69) is 110 Å². The first-order valence-electron chi connectivity index (χ1n) is 12.4. The molecule has 0 aliphatic heterocycles. The van der Waals surface area contributed by atoms with E-state index < -0.39 is 18.1 Å². The highest BCUT2D eigenvalue weighted by molar-refractivity contribution is 7.01. The van der Waals surface area contributed by atoms with Crippen LogP contribution in [0.2, 0.25) is 0 Å². The average molecular weight is 509 g/mol. The van der Waals surface area contributed by atoms with Crippen LogP contribution in [-0.2, 0) is 8.85 Å². The molecule has 4 heteroatoms. The second-order valence-corrected chi connectivity index (χ2v) is 12.9. The monoisotopic (exact) mass is 508 g/mol. The van der Waals surface area contributed by atoms with Crippen molar-refractivity contribution in [3.8, 4) is 0 Å². The first-order chi connectivity index (χ1) is 17.7. The van der Waals surface area contributed by atoms with Crippen LogP contribution >= 0.6 is 0 Å². The van der Waals surface area contributed by atoms with Crippen LogP contribution < -0.4 is 10.4 Å². The van der Waals surface area contributed by atoms with Gasteiger partial charge in [-0.25, -0.2) is 0 Å². The predicted molar refractivity (Wildman–Crippen MR) is 159 cm³/mol. The fourth-order valence-corrected chi connectivity index (χ4v) is 7.88. The van der Waals surface area contributed by atoms with Crippen LogP contribution in [0.3, 0.4) is 0 Å². The van der Waals surface area contributed by atoms with Crippen molar-refractivity contribution < 1.29 is 8.85 Å². The lowest BCUT2D eigenvalue weighted by Gasteiger charge is -2.28. The van der Waals surface area contributed by atoms with Gasteiger partial charge in [0.15, 0.2) is 9.76 Å². The van der Waals surface area contributed by atoms with E-state index in [0.29, 0.717) is 12.5 Å². The molecule has 184 valence electrons. The van der Waals surface area contributed by atoms with Crippen molar-refractivity contribution in [2.24, 2.45) is 0 Å². The summed E-state index contributed by atoms with van der Waals surface area (Å²) in [6, 6.07) is 41.9. The molecule has 4 rings (SSSR count).